The molecule has 0 radical (unpaired) electrons. The average molecular weight is 341 g/mol. The van der Waals surface area contributed by atoms with E-state index in [0.717, 1.165) is 0 Å². The smallest absolute Gasteiger partial charge is 0.369 e. The molecule has 0 atom stereocenters. The molecule has 1 aromatic carbocycles. The van der Waals surface area contributed by atoms with E-state index in [2.05, 4.69) is 15.9 Å². The lowest BCUT2D eigenvalue weighted by Gasteiger charge is -2.32. The summed E-state index contributed by atoms with van der Waals surface area (Å²) in [5.74, 6) is -1.35. The summed E-state index contributed by atoms with van der Waals surface area (Å²) in [7, 11) is 0. The van der Waals surface area contributed by atoms with Gasteiger partial charge in [-0.1, -0.05) is 6.07 Å². The lowest BCUT2D eigenvalue weighted by molar-refractivity contribution is -0.376. The molecule has 18 heavy (non-hydrogen) atoms. The van der Waals surface area contributed by atoms with Crippen molar-refractivity contribution >= 4 is 15.9 Å². The summed E-state index contributed by atoms with van der Waals surface area (Å²) in [6, 6.07) is 0.965. The first-order valence-corrected chi connectivity index (χ1v) is 5.02. The Morgan fingerprint density at radius 1 is 0.944 bits per heavy atom. The molecule has 0 aliphatic rings. The number of hydrogen-bond donors (Lipinski definition) is 1. The molecule has 0 aliphatic carbocycles. The lowest BCUT2D eigenvalue weighted by Crippen LogP contribution is -2.53. The number of alkyl halides is 6. The summed E-state index contributed by atoms with van der Waals surface area (Å²) >= 11 is 2.58. The predicted octanol–water partition coefficient (Wildman–Crippen LogP) is 3.90. The van der Waals surface area contributed by atoms with Gasteiger partial charge in [-0.2, -0.15) is 26.3 Å². The van der Waals surface area contributed by atoms with Crippen LogP contribution in [0, 0.1) is 5.82 Å². The second-order valence-corrected chi connectivity index (χ2v) is 4.19. The normalized spacial score (nSPS) is 13.8. The first kappa shape index (κ1) is 15.2. The van der Waals surface area contributed by atoms with Crippen LogP contribution in [0.4, 0.5) is 30.7 Å². The Morgan fingerprint density at radius 2 is 1.39 bits per heavy atom. The maximum Gasteiger partial charge on any atom is 0.430 e. The molecule has 9 heteroatoms. The van der Waals surface area contributed by atoms with Crippen molar-refractivity contribution in [2.75, 3.05) is 0 Å². The third kappa shape index (κ3) is 2.33. The monoisotopic (exact) mass is 340 g/mol. The molecule has 0 unspecified atom stereocenters. The van der Waals surface area contributed by atoms with Gasteiger partial charge in [0.15, 0.2) is 0 Å². The Balaban J connectivity index is 3.51. The zero-order valence-corrected chi connectivity index (χ0v) is 9.79. The minimum absolute atomic E-state index is 0.0228. The molecular weight excluding hydrogens is 337 g/mol. The van der Waals surface area contributed by atoms with E-state index < -0.39 is 29.3 Å². The Bertz CT molecular complexity index is 437. The van der Waals surface area contributed by atoms with E-state index >= 15 is 0 Å². The number of benzene rings is 1. The fourth-order valence-corrected chi connectivity index (χ4v) is 1.46. The van der Waals surface area contributed by atoms with Gasteiger partial charge in [0, 0.05) is 5.56 Å². The van der Waals surface area contributed by atoms with E-state index in [-0.39, 0.29) is 10.5 Å². The summed E-state index contributed by atoms with van der Waals surface area (Å²) < 4.78 is 87.2. The molecule has 0 fully saturated rings. The van der Waals surface area contributed by atoms with Gasteiger partial charge >= 0.3 is 12.4 Å². The molecule has 0 aromatic heterocycles. The van der Waals surface area contributed by atoms with Crippen LogP contribution in [0.1, 0.15) is 5.56 Å². The molecule has 0 aliphatic heterocycles. The van der Waals surface area contributed by atoms with Crippen molar-refractivity contribution in [3.05, 3.63) is 34.1 Å². The van der Waals surface area contributed by atoms with Gasteiger partial charge in [-0.3, -0.25) is 0 Å². The van der Waals surface area contributed by atoms with Crippen LogP contribution in [0.5, 0.6) is 0 Å². The second kappa shape index (κ2) is 4.37. The van der Waals surface area contributed by atoms with Crippen molar-refractivity contribution in [1.82, 2.24) is 0 Å². The third-order valence-electron chi connectivity index (χ3n) is 2.16. The van der Waals surface area contributed by atoms with Gasteiger partial charge in [0.05, 0.1) is 4.47 Å². The van der Waals surface area contributed by atoms with Gasteiger partial charge in [0.2, 0.25) is 0 Å². The van der Waals surface area contributed by atoms with E-state index in [4.69, 9.17) is 5.11 Å². The fraction of sp³-hybridized carbons (Fsp3) is 0.333. The van der Waals surface area contributed by atoms with E-state index in [9.17, 15) is 30.7 Å². The van der Waals surface area contributed by atoms with E-state index in [1.807, 2.05) is 0 Å². The zero-order valence-electron chi connectivity index (χ0n) is 8.20. The molecule has 1 rings (SSSR count). The molecule has 1 nitrogen and oxygen atoms in total. The highest BCUT2D eigenvalue weighted by atomic mass is 79.9. The van der Waals surface area contributed by atoms with Crippen LogP contribution >= 0.6 is 15.9 Å². The zero-order chi connectivity index (χ0) is 14.4. The van der Waals surface area contributed by atoms with Gasteiger partial charge in [0.1, 0.15) is 5.82 Å². The molecule has 102 valence electrons. The molecule has 0 amide bonds. The van der Waals surface area contributed by atoms with Crippen LogP contribution in [0.15, 0.2) is 22.7 Å². The van der Waals surface area contributed by atoms with Crippen LogP contribution in [-0.2, 0) is 5.60 Å². The molecule has 1 aromatic rings. The Hall–Kier alpha value is -0.830. The molecular formula is C9H4BrF7O. The summed E-state index contributed by atoms with van der Waals surface area (Å²) in [5, 5.41) is 8.94. The van der Waals surface area contributed by atoms with E-state index in [1.54, 1.807) is 0 Å². The molecule has 0 spiro atoms. The highest BCUT2D eigenvalue weighted by Gasteiger charge is 2.71. The Labute approximate surface area is 104 Å². The highest BCUT2D eigenvalue weighted by Crippen LogP contribution is 2.50. The van der Waals surface area contributed by atoms with E-state index in [0.29, 0.717) is 12.1 Å². The van der Waals surface area contributed by atoms with Crippen LogP contribution in [0.25, 0.3) is 0 Å². The predicted molar refractivity (Wildman–Crippen MR) is 50.1 cm³/mol. The number of hydrogen-bond acceptors (Lipinski definition) is 1. The van der Waals surface area contributed by atoms with E-state index in [1.165, 1.54) is 0 Å². The van der Waals surface area contributed by atoms with Crippen LogP contribution in [0.2, 0.25) is 0 Å². The molecule has 0 bridgehead atoms. The van der Waals surface area contributed by atoms with Crippen LogP contribution in [-0.4, -0.2) is 17.5 Å². The first-order valence-electron chi connectivity index (χ1n) is 4.22. The quantitative estimate of drug-likeness (QED) is 0.769. The third-order valence-corrected chi connectivity index (χ3v) is 2.80. The van der Waals surface area contributed by atoms with Crippen molar-refractivity contribution in [1.29, 1.82) is 0 Å². The summed E-state index contributed by atoms with van der Waals surface area (Å²) in [4.78, 5) is 0. The standard InChI is InChI=1S/C9H4BrF7O/c10-5-2-1-4(3-6(5)11)7(18,8(12,13)14)9(15,16)17/h1-3,18H. The maximum atomic E-state index is 13.0. The molecule has 1 N–H and O–H groups in total. The van der Waals surface area contributed by atoms with Gasteiger partial charge in [-0.05, 0) is 28.1 Å². The minimum Gasteiger partial charge on any atom is -0.369 e. The SMILES string of the molecule is OC(c1ccc(Br)c(F)c1)(C(F)(F)F)C(F)(F)F. The van der Waals surface area contributed by atoms with Crippen molar-refractivity contribution in [3.8, 4) is 0 Å². The largest absolute Gasteiger partial charge is 0.430 e. The molecule has 0 saturated carbocycles. The summed E-state index contributed by atoms with van der Waals surface area (Å²) in [6.07, 6.45) is -12.0. The topological polar surface area (TPSA) is 20.2 Å². The average Bonchev–Trinajstić information content (AvgIpc) is 2.17. The van der Waals surface area contributed by atoms with Crippen LogP contribution < -0.4 is 0 Å². The second-order valence-electron chi connectivity index (χ2n) is 3.33. The van der Waals surface area contributed by atoms with Gasteiger partial charge in [0.25, 0.3) is 5.60 Å². The van der Waals surface area contributed by atoms with Gasteiger partial charge in [-0.15, -0.1) is 0 Å². The number of halogens is 8. The summed E-state index contributed by atoms with van der Waals surface area (Å²) in [5.41, 5.74) is -6.75. The van der Waals surface area contributed by atoms with Crippen molar-refractivity contribution in [3.63, 3.8) is 0 Å². The summed E-state index contributed by atoms with van der Waals surface area (Å²) in [6.45, 7) is 0. The Kier molecular flexibility index (Phi) is 3.70. The Morgan fingerprint density at radius 3 is 1.72 bits per heavy atom. The lowest BCUT2D eigenvalue weighted by atomic mass is 9.92. The van der Waals surface area contributed by atoms with Crippen LogP contribution in [0.3, 0.4) is 0 Å². The minimum atomic E-state index is -6.02. The first-order chi connectivity index (χ1) is 7.91. The van der Waals surface area contributed by atoms with Crippen molar-refractivity contribution < 1.29 is 35.8 Å². The number of rotatable bonds is 1. The molecule has 0 saturated heterocycles. The van der Waals surface area contributed by atoms with Gasteiger partial charge < -0.3 is 5.11 Å². The number of aliphatic hydroxyl groups is 1. The molecule has 0 heterocycles. The van der Waals surface area contributed by atoms with Crippen molar-refractivity contribution in [2.45, 2.75) is 18.0 Å². The van der Waals surface area contributed by atoms with Crippen molar-refractivity contribution in [2.24, 2.45) is 0 Å². The van der Waals surface area contributed by atoms with Gasteiger partial charge in [-0.25, -0.2) is 4.39 Å². The maximum absolute atomic E-state index is 13.0. The highest BCUT2D eigenvalue weighted by molar-refractivity contribution is 9.10. The fourth-order valence-electron chi connectivity index (χ4n) is 1.21.